The van der Waals surface area contributed by atoms with E-state index in [-0.39, 0.29) is 58.2 Å². The molecule has 4 saturated carbocycles. The van der Waals surface area contributed by atoms with Gasteiger partial charge in [0.2, 0.25) is 0 Å². The highest BCUT2D eigenvalue weighted by Crippen LogP contribution is 2.76. The minimum atomic E-state index is -3.48. The van der Waals surface area contributed by atoms with Crippen molar-refractivity contribution in [3.05, 3.63) is 35.5 Å². The first-order chi connectivity index (χ1) is 24.8. The number of hydrogen-bond acceptors (Lipinski definition) is 6. The number of fused-ring (bicyclic) bond motifs is 7. The van der Waals surface area contributed by atoms with Crippen LogP contribution < -0.4 is 5.32 Å². The zero-order chi connectivity index (χ0) is 38.4. The third-order valence-corrected chi connectivity index (χ3v) is 19.1. The molecule has 0 amide bonds. The molecule has 9 heteroatoms. The lowest BCUT2D eigenvalue weighted by Gasteiger charge is -2.72. The van der Waals surface area contributed by atoms with Crippen LogP contribution in [0.15, 0.2) is 35.5 Å². The van der Waals surface area contributed by atoms with E-state index < -0.39 is 27.6 Å². The van der Waals surface area contributed by atoms with E-state index in [0.717, 1.165) is 31.5 Å². The van der Waals surface area contributed by atoms with Gasteiger partial charge in [-0.2, -0.15) is 8.78 Å². The maximum absolute atomic E-state index is 15.2. The van der Waals surface area contributed by atoms with Gasteiger partial charge in [0.1, 0.15) is 0 Å². The number of nitrogens with zero attached hydrogens (tertiary/aromatic N) is 1. The molecule has 1 heterocycles. The minimum absolute atomic E-state index is 0.0389. The summed E-state index contributed by atoms with van der Waals surface area (Å²) in [6.45, 7) is 24.1. The normalized spacial score (nSPS) is 43.4. The number of ether oxygens (including phenoxy) is 1. The number of rotatable bonds is 9. The van der Waals surface area contributed by atoms with Crippen molar-refractivity contribution >= 4 is 15.8 Å². The number of carbonyl (C=O) groups excluding carboxylic acids is 1. The van der Waals surface area contributed by atoms with Crippen molar-refractivity contribution in [2.24, 2.45) is 57.2 Å². The fourth-order valence-corrected chi connectivity index (χ4v) is 15.9. The first kappa shape index (κ1) is 39.6. The van der Waals surface area contributed by atoms with E-state index in [0.29, 0.717) is 42.7 Å². The monoisotopic (exact) mass is 758 g/mol. The fraction of sp³-hybridized carbons (Fsp3) is 0.841. The lowest BCUT2D eigenvalue weighted by atomic mass is 9.33. The molecule has 10 atom stereocenters. The summed E-state index contributed by atoms with van der Waals surface area (Å²) < 4.78 is 59.1. The second-order valence-electron chi connectivity index (χ2n) is 20.0. The predicted molar refractivity (Wildman–Crippen MR) is 208 cm³/mol. The molecule has 1 N–H and O–H groups in total. The maximum atomic E-state index is 15.2. The zero-order valence-electron chi connectivity index (χ0n) is 33.8. The molecular weight excluding hydrogens is 691 g/mol. The Hall–Kier alpha value is -1.58. The first-order valence-electron chi connectivity index (χ1n) is 21.0. The molecule has 6 aliphatic carbocycles. The van der Waals surface area contributed by atoms with Gasteiger partial charge in [-0.1, -0.05) is 58.9 Å². The summed E-state index contributed by atoms with van der Waals surface area (Å²) in [5.41, 5.74) is 4.10. The zero-order valence-corrected chi connectivity index (χ0v) is 34.6. The SMILES string of the molecule is C=C(C)C1CCC2(NCCN3CCS(=O)(=O)CC3)CCC3(C)C(CCC4C5(C)CC=C(C6=CCC(C(F)(F)C(=O)OCC)C6)C(C)(C)C5CCC43C)C12. The Kier molecular flexibility index (Phi) is 10.1. The third-order valence-electron chi connectivity index (χ3n) is 17.5. The smallest absolute Gasteiger partial charge is 0.377 e. The molecule has 7 aliphatic rings. The van der Waals surface area contributed by atoms with Crippen molar-refractivity contribution in [2.75, 3.05) is 44.3 Å². The Morgan fingerprint density at radius 1 is 0.981 bits per heavy atom. The highest BCUT2D eigenvalue weighted by molar-refractivity contribution is 7.91. The molecule has 1 aliphatic heterocycles. The van der Waals surface area contributed by atoms with Gasteiger partial charge < -0.3 is 15.0 Å². The van der Waals surface area contributed by atoms with Crippen molar-refractivity contribution in [3.63, 3.8) is 0 Å². The molecule has 53 heavy (non-hydrogen) atoms. The molecule has 6 nitrogen and oxygen atoms in total. The number of carbonyl (C=O) groups is 1. The van der Waals surface area contributed by atoms with Gasteiger partial charge in [-0.05, 0) is 147 Å². The van der Waals surface area contributed by atoms with Crippen molar-refractivity contribution in [2.45, 2.75) is 131 Å². The Labute approximate surface area is 319 Å². The molecule has 0 bridgehead atoms. The molecule has 1 saturated heterocycles. The average molecular weight is 759 g/mol. The van der Waals surface area contributed by atoms with Crippen LogP contribution in [0, 0.1) is 57.2 Å². The van der Waals surface area contributed by atoms with Crippen LogP contribution in [0.5, 0.6) is 0 Å². The van der Waals surface area contributed by atoms with Crippen LogP contribution in [-0.4, -0.2) is 75.0 Å². The first-order valence-corrected chi connectivity index (χ1v) is 22.9. The van der Waals surface area contributed by atoms with Gasteiger partial charge in [-0.15, -0.1) is 0 Å². The van der Waals surface area contributed by atoms with Crippen LogP contribution in [0.25, 0.3) is 0 Å². The summed E-state index contributed by atoms with van der Waals surface area (Å²) >= 11 is 0. The van der Waals surface area contributed by atoms with E-state index in [9.17, 15) is 13.2 Å². The summed E-state index contributed by atoms with van der Waals surface area (Å²) in [6, 6.07) is 0. The summed E-state index contributed by atoms with van der Waals surface area (Å²) in [5, 5.41) is 4.19. The molecule has 0 aromatic heterocycles. The Morgan fingerprint density at radius 3 is 2.38 bits per heavy atom. The number of alkyl halides is 2. The van der Waals surface area contributed by atoms with Gasteiger partial charge in [0, 0.05) is 37.6 Å². The standard InChI is InChI=1S/C44H68F2N2O4S/c1-9-52-38(49)44(45,46)31-11-10-30(28-31)33-15-17-40(6)35(39(33,4)5)16-18-42(8)36(40)13-12-34-37-32(29(2)3)14-19-43(37,21-20-41(34,42)7)47-22-23-48-24-26-53(50,51)27-25-48/h10,15,31-32,34-37,47H,2,9,11-14,16-28H2,1,3-8H3. The highest BCUT2D eigenvalue weighted by Gasteiger charge is 2.70. The van der Waals surface area contributed by atoms with Crippen LogP contribution in [0.1, 0.15) is 119 Å². The number of esters is 1. The summed E-state index contributed by atoms with van der Waals surface area (Å²) in [6.07, 6.45) is 15.5. The Balaban J connectivity index is 1.11. The minimum Gasteiger partial charge on any atom is -0.462 e. The molecule has 0 aromatic rings. The lowest BCUT2D eigenvalue weighted by Crippen LogP contribution is -2.68. The van der Waals surface area contributed by atoms with E-state index in [2.05, 4.69) is 64.4 Å². The van der Waals surface area contributed by atoms with E-state index in [4.69, 9.17) is 4.74 Å². The van der Waals surface area contributed by atoms with Crippen molar-refractivity contribution < 1.29 is 26.7 Å². The Morgan fingerprint density at radius 2 is 1.70 bits per heavy atom. The second kappa shape index (κ2) is 13.5. The molecular formula is C44H68F2N2O4S. The topological polar surface area (TPSA) is 75.7 Å². The molecule has 5 fully saturated rings. The number of allylic oxidation sites excluding steroid dienone is 5. The second-order valence-corrected chi connectivity index (χ2v) is 22.3. The van der Waals surface area contributed by atoms with Gasteiger partial charge in [0.15, 0.2) is 9.84 Å². The van der Waals surface area contributed by atoms with Crippen LogP contribution >= 0.6 is 0 Å². The largest absolute Gasteiger partial charge is 0.462 e. The molecule has 7 rings (SSSR count). The van der Waals surface area contributed by atoms with Gasteiger partial charge in [-0.3, -0.25) is 0 Å². The Bertz CT molecular complexity index is 1640. The summed E-state index contributed by atoms with van der Waals surface area (Å²) in [4.78, 5) is 14.5. The van der Waals surface area contributed by atoms with Crippen molar-refractivity contribution in [1.82, 2.24) is 10.2 Å². The summed E-state index contributed by atoms with van der Waals surface area (Å²) in [5.74, 6) is -2.58. The van der Waals surface area contributed by atoms with Crippen molar-refractivity contribution in [1.29, 1.82) is 0 Å². The molecule has 298 valence electrons. The van der Waals surface area contributed by atoms with Crippen LogP contribution in [0.4, 0.5) is 8.78 Å². The van der Waals surface area contributed by atoms with Crippen molar-refractivity contribution in [3.8, 4) is 0 Å². The van der Waals surface area contributed by atoms with Crippen LogP contribution in [0.3, 0.4) is 0 Å². The predicted octanol–water partition coefficient (Wildman–Crippen LogP) is 8.79. The van der Waals surface area contributed by atoms with Gasteiger partial charge in [0.25, 0.3) is 0 Å². The molecule has 0 spiro atoms. The quantitative estimate of drug-likeness (QED) is 0.187. The number of hydrogen-bond donors (Lipinski definition) is 1. The van der Waals surface area contributed by atoms with E-state index >= 15 is 8.78 Å². The van der Waals surface area contributed by atoms with E-state index in [1.54, 1.807) is 6.92 Å². The maximum Gasteiger partial charge on any atom is 0.377 e. The number of halogens is 2. The molecule has 10 unspecified atom stereocenters. The lowest BCUT2D eigenvalue weighted by molar-refractivity contribution is -0.221. The fourth-order valence-electron chi connectivity index (χ4n) is 14.6. The highest BCUT2D eigenvalue weighted by atomic mass is 32.2. The van der Waals surface area contributed by atoms with E-state index in [1.807, 2.05) is 6.08 Å². The van der Waals surface area contributed by atoms with Gasteiger partial charge >= 0.3 is 11.9 Å². The van der Waals surface area contributed by atoms with Crippen LogP contribution in [-0.2, 0) is 19.4 Å². The molecule has 0 aromatic carbocycles. The van der Waals surface area contributed by atoms with Crippen LogP contribution in [0.2, 0.25) is 0 Å². The van der Waals surface area contributed by atoms with Gasteiger partial charge in [0.05, 0.1) is 18.1 Å². The molecule has 0 radical (unpaired) electrons. The average Bonchev–Trinajstić information content (AvgIpc) is 3.72. The number of nitrogens with one attached hydrogen (secondary N) is 1. The van der Waals surface area contributed by atoms with Gasteiger partial charge in [-0.25, -0.2) is 13.2 Å². The van der Waals surface area contributed by atoms with E-state index in [1.165, 1.54) is 56.1 Å². The third kappa shape index (κ3) is 6.17. The summed E-state index contributed by atoms with van der Waals surface area (Å²) in [7, 11) is -2.88. The number of sulfone groups is 1.